The number of ether oxygens (including phenoxy) is 1. The van der Waals surface area contributed by atoms with Crippen LogP contribution in [0.15, 0.2) is 54.7 Å². The van der Waals surface area contributed by atoms with Crippen molar-refractivity contribution in [3.05, 3.63) is 66.1 Å². The van der Waals surface area contributed by atoms with Crippen molar-refractivity contribution in [2.75, 3.05) is 12.4 Å². The molecule has 0 aliphatic heterocycles. The molecular formula is C17H13FN2O2. The molecule has 0 radical (unpaired) electrons. The highest BCUT2D eigenvalue weighted by Crippen LogP contribution is 2.29. The number of pyridine rings is 1. The second kappa shape index (κ2) is 5.81. The average molecular weight is 296 g/mol. The summed E-state index contributed by atoms with van der Waals surface area (Å²) in [6.45, 7) is 0. The lowest BCUT2D eigenvalue weighted by atomic mass is 10.1. The first kappa shape index (κ1) is 14.0. The molecule has 1 heterocycles. The van der Waals surface area contributed by atoms with E-state index < -0.39 is 0 Å². The number of methoxy groups -OCH3 is 1. The first-order valence-electron chi connectivity index (χ1n) is 6.67. The molecule has 3 aromatic rings. The topological polar surface area (TPSA) is 51.2 Å². The van der Waals surface area contributed by atoms with Gasteiger partial charge >= 0.3 is 0 Å². The third kappa shape index (κ3) is 2.61. The third-order valence-corrected chi connectivity index (χ3v) is 3.31. The summed E-state index contributed by atoms with van der Waals surface area (Å²) in [6, 6.07) is 12.5. The van der Waals surface area contributed by atoms with Crippen LogP contribution in [0.25, 0.3) is 10.9 Å². The number of carbonyl (C=O) groups excluding carboxylic acids is 1. The Balaban J connectivity index is 1.97. The Hall–Kier alpha value is -2.95. The Morgan fingerprint density at radius 1 is 1.14 bits per heavy atom. The second-order valence-corrected chi connectivity index (χ2v) is 4.68. The van der Waals surface area contributed by atoms with Crippen LogP contribution < -0.4 is 10.1 Å². The minimum atomic E-state index is -0.379. The van der Waals surface area contributed by atoms with Crippen molar-refractivity contribution in [1.29, 1.82) is 0 Å². The summed E-state index contributed by atoms with van der Waals surface area (Å²) in [5.74, 6) is -0.0543. The molecule has 1 N–H and O–H groups in total. The fourth-order valence-electron chi connectivity index (χ4n) is 2.22. The fraction of sp³-hybridized carbons (Fsp3) is 0.0588. The van der Waals surface area contributed by atoms with Gasteiger partial charge in [-0.25, -0.2) is 4.39 Å². The molecule has 22 heavy (non-hydrogen) atoms. The summed E-state index contributed by atoms with van der Waals surface area (Å²) >= 11 is 0. The van der Waals surface area contributed by atoms with E-state index in [9.17, 15) is 9.18 Å². The van der Waals surface area contributed by atoms with E-state index in [1.54, 1.807) is 31.5 Å². The lowest BCUT2D eigenvalue weighted by Crippen LogP contribution is -2.12. The molecule has 0 saturated carbocycles. The van der Waals surface area contributed by atoms with E-state index in [0.29, 0.717) is 22.5 Å². The van der Waals surface area contributed by atoms with Gasteiger partial charge < -0.3 is 10.1 Å². The second-order valence-electron chi connectivity index (χ2n) is 4.68. The summed E-state index contributed by atoms with van der Waals surface area (Å²) < 4.78 is 18.2. The van der Waals surface area contributed by atoms with Gasteiger partial charge in [0.2, 0.25) is 0 Å². The zero-order valence-electron chi connectivity index (χ0n) is 11.8. The molecular weight excluding hydrogens is 283 g/mol. The maximum atomic E-state index is 12.9. The van der Waals surface area contributed by atoms with Gasteiger partial charge in [0.15, 0.2) is 0 Å². The smallest absolute Gasteiger partial charge is 0.255 e. The van der Waals surface area contributed by atoms with Crippen LogP contribution >= 0.6 is 0 Å². The number of fused-ring (bicyclic) bond motifs is 1. The van der Waals surface area contributed by atoms with E-state index in [-0.39, 0.29) is 11.7 Å². The fourth-order valence-corrected chi connectivity index (χ4v) is 2.22. The van der Waals surface area contributed by atoms with E-state index in [1.807, 2.05) is 6.07 Å². The van der Waals surface area contributed by atoms with Crippen LogP contribution in [0.3, 0.4) is 0 Å². The molecule has 0 fully saturated rings. The Morgan fingerprint density at radius 3 is 2.64 bits per heavy atom. The van der Waals surface area contributed by atoms with Crippen LogP contribution in [0.5, 0.6) is 5.75 Å². The number of amides is 1. The number of aromatic nitrogens is 1. The van der Waals surface area contributed by atoms with Crippen LogP contribution in [0.2, 0.25) is 0 Å². The number of hydrogen-bond acceptors (Lipinski definition) is 3. The van der Waals surface area contributed by atoms with Gasteiger partial charge in [-0.15, -0.1) is 0 Å². The molecule has 1 amide bonds. The number of anilines is 1. The first-order chi connectivity index (χ1) is 10.7. The Bertz CT molecular complexity index is 832. The molecule has 0 aliphatic rings. The van der Waals surface area contributed by atoms with Gasteiger partial charge in [-0.3, -0.25) is 9.78 Å². The van der Waals surface area contributed by atoms with Crippen LogP contribution in [-0.2, 0) is 0 Å². The largest absolute Gasteiger partial charge is 0.494 e. The predicted molar refractivity (Wildman–Crippen MR) is 82.6 cm³/mol. The highest BCUT2D eigenvalue weighted by atomic mass is 19.1. The molecule has 0 unspecified atom stereocenters. The molecule has 2 aromatic carbocycles. The number of nitrogens with zero attached hydrogens (tertiary/aromatic N) is 1. The molecule has 0 bridgehead atoms. The number of rotatable bonds is 3. The van der Waals surface area contributed by atoms with Crippen LogP contribution in [0.4, 0.5) is 10.1 Å². The Labute approximate surface area is 126 Å². The van der Waals surface area contributed by atoms with Crippen LogP contribution in [0, 0.1) is 5.82 Å². The molecule has 1 aromatic heterocycles. The van der Waals surface area contributed by atoms with Crippen molar-refractivity contribution >= 4 is 22.5 Å². The van der Waals surface area contributed by atoms with Gasteiger partial charge in [0, 0.05) is 17.1 Å². The quantitative estimate of drug-likeness (QED) is 0.803. The van der Waals surface area contributed by atoms with Gasteiger partial charge in [-0.05, 0) is 48.5 Å². The standard InChI is InChI=1S/C17H13FN2O2/c1-22-15-9-8-14(13-3-2-10-19-16(13)15)20-17(21)11-4-6-12(18)7-5-11/h2-10H,1H3,(H,20,21). The number of hydrogen-bond donors (Lipinski definition) is 1. The zero-order chi connectivity index (χ0) is 15.5. The molecule has 0 aliphatic carbocycles. The van der Waals surface area contributed by atoms with E-state index in [4.69, 9.17) is 4.74 Å². The van der Waals surface area contributed by atoms with Gasteiger partial charge in [0.1, 0.15) is 17.1 Å². The van der Waals surface area contributed by atoms with Crippen molar-refractivity contribution in [3.63, 3.8) is 0 Å². The molecule has 5 heteroatoms. The monoisotopic (exact) mass is 296 g/mol. The molecule has 0 saturated heterocycles. The Kier molecular flexibility index (Phi) is 3.70. The van der Waals surface area contributed by atoms with Crippen LogP contribution in [-0.4, -0.2) is 18.0 Å². The molecule has 4 nitrogen and oxygen atoms in total. The van der Waals surface area contributed by atoms with Gasteiger partial charge in [-0.2, -0.15) is 0 Å². The van der Waals surface area contributed by atoms with Gasteiger partial charge in [-0.1, -0.05) is 0 Å². The lowest BCUT2D eigenvalue weighted by Gasteiger charge is -2.11. The van der Waals surface area contributed by atoms with Crippen molar-refractivity contribution in [2.24, 2.45) is 0 Å². The number of halogens is 1. The number of benzene rings is 2. The summed E-state index contributed by atoms with van der Waals surface area (Å²) in [7, 11) is 1.57. The molecule has 3 rings (SSSR count). The minimum absolute atomic E-state index is 0.310. The van der Waals surface area contributed by atoms with Crippen molar-refractivity contribution < 1.29 is 13.9 Å². The third-order valence-electron chi connectivity index (χ3n) is 3.31. The predicted octanol–water partition coefficient (Wildman–Crippen LogP) is 3.63. The molecule has 0 atom stereocenters. The average Bonchev–Trinajstić information content (AvgIpc) is 2.55. The summed E-state index contributed by atoms with van der Waals surface area (Å²) in [5, 5.41) is 3.59. The minimum Gasteiger partial charge on any atom is -0.494 e. The highest BCUT2D eigenvalue weighted by molar-refractivity contribution is 6.09. The van der Waals surface area contributed by atoms with E-state index in [2.05, 4.69) is 10.3 Å². The van der Waals surface area contributed by atoms with Crippen molar-refractivity contribution in [2.45, 2.75) is 0 Å². The SMILES string of the molecule is COc1ccc(NC(=O)c2ccc(F)cc2)c2cccnc12. The van der Waals surface area contributed by atoms with E-state index in [1.165, 1.54) is 24.3 Å². The number of carbonyl (C=O) groups is 1. The van der Waals surface area contributed by atoms with Gasteiger partial charge in [0.05, 0.1) is 12.8 Å². The maximum Gasteiger partial charge on any atom is 0.255 e. The number of nitrogens with one attached hydrogen (secondary N) is 1. The molecule has 110 valence electrons. The maximum absolute atomic E-state index is 12.9. The van der Waals surface area contributed by atoms with Crippen LogP contribution in [0.1, 0.15) is 10.4 Å². The van der Waals surface area contributed by atoms with Crippen molar-refractivity contribution in [1.82, 2.24) is 4.98 Å². The first-order valence-corrected chi connectivity index (χ1v) is 6.67. The normalized spacial score (nSPS) is 10.5. The summed E-state index contributed by atoms with van der Waals surface area (Å²) in [4.78, 5) is 16.5. The molecule has 0 spiro atoms. The van der Waals surface area contributed by atoms with E-state index >= 15 is 0 Å². The van der Waals surface area contributed by atoms with Gasteiger partial charge in [0.25, 0.3) is 5.91 Å². The zero-order valence-corrected chi connectivity index (χ0v) is 11.8. The summed E-state index contributed by atoms with van der Waals surface area (Å²) in [6.07, 6.45) is 1.66. The highest BCUT2D eigenvalue weighted by Gasteiger charge is 2.11. The summed E-state index contributed by atoms with van der Waals surface area (Å²) in [5.41, 5.74) is 1.68. The van der Waals surface area contributed by atoms with E-state index in [0.717, 1.165) is 5.39 Å². The Morgan fingerprint density at radius 2 is 1.91 bits per heavy atom. The van der Waals surface area contributed by atoms with Crippen molar-refractivity contribution in [3.8, 4) is 5.75 Å². The lowest BCUT2D eigenvalue weighted by molar-refractivity contribution is 0.102.